The first-order valence-corrected chi connectivity index (χ1v) is 4.73. The SMILES string of the molecule is COC(=O)C1(C(C)(C)C)CCNC1.Cl. The normalized spacial score (nSPS) is 26.9. The minimum absolute atomic E-state index is 0. The molecular weight excluding hydrogens is 202 g/mol. The summed E-state index contributed by atoms with van der Waals surface area (Å²) in [6.07, 6.45) is 0.878. The van der Waals surface area contributed by atoms with Crippen molar-refractivity contribution < 1.29 is 9.53 Å². The summed E-state index contributed by atoms with van der Waals surface area (Å²) < 4.78 is 4.89. The number of halogens is 1. The first-order chi connectivity index (χ1) is 5.94. The van der Waals surface area contributed by atoms with E-state index in [2.05, 4.69) is 26.1 Å². The number of nitrogens with one attached hydrogen (secondary N) is 1. The highest BCUT2D eigenvalue weighted by Crippen LogP contribution is 2.44. The molecule has 1 aliphatic heterocycles. The van der Waals surface area contributed by atoms with E-state index in [-0.39, 0.29) is 29.2 Å². The van der Waals surface area contributed by atoms with Gasteiger partial charge in [-0.25, -0.2) is 0 Å². The van der Waals surface area contributed by atoms with Crippen LogP contribution in [0.15, 0.2) is 0 Å². The summed E-state index contributed by atoms with van der Waals surface area (Å²) in [4.78, 5) is 11.7. The maximum absolute atomic E-state index is 11.7. The average molecular weight is 222 g/mol. The summed E-state index contributed by atoms with van der Waals surface area (Å²) in [5, 5.41) is 3.23. The van der Waals surface area contributed by atoms with Gasteiger partial charge < -0.3 is 10.1 Å². The molecule has 0 aromatic carbocycles. The Bertz CT molecular complexity index is 205. The van der Waals surface area contributed by atoms with Gasteiger partial charge in [0.25, 0.3) is 0 Å². The van der Waals surface area contributed by atoms with Gasteiger partial charge in [0.15, 0.2) is 0 Å². The molecule has 1 fully saturated rings. The summed E-state index contributed by atoms with van der Waals surface area (Å²) in [6, 6.07) is 0. The number of hydrogen-bond donors (Lipinski definition) is 1. The lowest BCUT2D eigenvalue weighted by Gasteiger charge is -2.38. The molecule has 4 heteroatoms. The van der Waals surface area contributed by atoms with Crippen LogP contribution < -0.4 is 5.32 Å². The lowest BCUT2D eigenvalue weighted by atomic mass is 9.66. The lowest BCUT2D eigenvalue weighted by molar-refractivity contribution is -0.158. The van der Waals surface area contributed by atoms with E-state index in [1.807, 2.05) is 0 Å². The Kier molecular flexibility index (Phi) is 4.40. The third-order valence-corrected chi connectivity index (χ3v) is 3.17. The van der Waals surface area contributed by atoms with Gasteiger partial charge in [0, 0.05) is 6.54 Å². The monoisotopic (exact) mass is 221 g/mol. The highest BCUT2D eigenvalue weighted by atomic mass is 35.5. The Morgan fingerprint density at radius 2 is 2.00 bits per heavy atom. The van der Waals surface area contributed by atoms with E-state index in [1.54, 1.807) is 0 Å². The van der Waals surface area contributed by atoms with Crippen LogP contribution in [-0.2, 0) is 9.53 Å². The maximum atomic E-state index is 11.7. The van der Waals surface area contributed by atoms with Gasteiger partial charge in [-0.05, 0) is 18.4 Å². The van der Waals surface area contributed by atoms with Gasteiger partial charge in [0.1, 0.15) is 0 Å². The molecule has 14 heavy (non-hydrogen) atoms. The van der Waals surface area contributed by atoms with Crippen LogP contribution in [0.25, 0.3) is 0 Å². The molecule has 0 aromatic rings. The van der Waals surface area contributed by atoms with Crippen LogP contribution in [0.3, 0.4) is 0 Å². The van der Waals surface area contributed by atoms with Crippen molar-refractivity contribution in [3.05, 3.63) is 0 Å². The first-order valence-electron chi connectivity index (χ1n) is 4.73. The second-order valence-corrected chi connectivity index (χ2v) is 4.75. The number of methoxy groups -OCH3 is 1. The number of hydrogen-bond acceptors (Lipinski definition) is 3. The molecule has 0 bridgehead atoms. The fraction of sp³-hybridized carbons (Fsp3) is 0.900. The van der Waals surface area contributed by atoms with Crippen molar-refractivity contribution in [2.24, 2.45) is 10.8 Å². The van der Waals surface area contributed by atoms with Crippen LogP contribution in [0.2, 0.25) is 0 Å². The predicted molar refractivity (Wildman–Crippen MR) is 58.6 cm³/mol. The molecule has 1 unspecified atom stereocenters. The van der Waals surface area contributed by atoms with E-state index in [9.17, 15) is 4.79 Å². The topological polar surface area (TPSA) is 38.3 Å². The zero-order chi connectivity index (χ0) is 10.1. The van der Waals surface area contributed by atoms with Gasteiger partial charge in [0.05, 0.1) is 12.5 Å². The Balaban J connectivity index is 0.00000169. The number of carbonyl (C=O) groups excluding carboxylic acids is 1. The molecule has 0 amide bonds. The summed E-state index contributed by atoms with van der Waals surface area (Å²) in [5.41, 5.74) is -0.370. The fourth-order valence-electron chi connectivity index (χ4n) is 2.01. The molecule has 0 spiro atoms. The van der Waals surface area contributed by atoms with E-state index >= 15 is 0 Å². The van der Waals surface area contributed by atoms with Gasteiger partial charge in [-0.3, -0.25) is 4.79 Å². The summed E-state index contributed by atoms with van der Waals surface area (Å²) in [7, 11) is 1.47. The highest BCUT2D eigenvalue weighted by molar-refractivity contribution is 5.85. The zero-order valence-electron chi connectivity index (χ0n) is 9.35. The second-order valence-electron chi connectivity index (χ2n) is 4.75. The molecule has 1 heterocycles. The molecule has 0 radical (unpaired) electrons. The van der Waals surface area contributed by atoms with Crippen LogP contribution in [0.5, 0.6) is 0 Å². The van der Waals surface area contributed by atoms with E-state index in [0.717, 1.165) is 19.5 Å². The largest absolute Gasteiger partial charge is 0.469 e. The quantitative estimate of drug-likeness (QED) is 0.684. The maximum Gasteiger partial charge on any atom is 0.313 e. The molecule has 3 nitrogen and oxygen atoms in total. The van der Waals surface area contributed by atoms with Crippen LogP contribution in [0.1, 0.15) is 27.2 Å². The van der Waals surface area contributed by atoms with Crippen LogP contribution in [-0.4, -0.2) is 26.2 Å². The van der Waals surface area contributed by atoms with Gasteiger partial charge >= 0.3 is 5.97 Å². The van der Waals surface area contributed by atoms with Gasteiger partial charge in [0.2, 0.25) is 0 Å². The van der Waals surface area contributed by atoms with Gasteiger partial charge in [-0.2, -0.15) is 0 Å². The zero-order valence-corrected chi connectivity index (χ0v) is 10.2. The van der Waals surface area contributed by atoms with Crippen molar-refractivity contribution >= 4 is 18.4 Å². The van der Waals surface area contributed by atoms with E-state index in [1.165, 1.54) is 7.11 Å². The third kappa shape index (κ3) is 2.04. The van der Waals surface area contributed by atoms with Crippen LogP contribution >= 0.6 is 12.4 Å². The second kappa shape index (κ2) is 4.49. The first kappa shape index (κ1) is 13.7. The van der Waals surface area contributed by atoms with Crippen molar-refractivity contribution in [2.45, 2.75) is 27.2 Å². The number of carbonyl (C=O) groups is 1. The highest BCUT2D eigenvalue weighted by Gasteiger charge is 2.51. The third-order valence-electron chi connectivity index (χ3n) is 3.17. The van der Waals surface area contributed by atoms with Crippen molar-refractivity contribution in [2.75, 3.05) is 20.2 Å². The summed E-state index contributed by atoms with van der Waals surface area (Å²) in [5.74, 6) is -0.0787. The molecule has 84 valence electrons. The smallest absolute Gasteiger partial charge is 0.313 e. The van der Waals surface area contributed by atoms with E-state index in [4.69, 9.17) is 4.74 Å². The molecule has 1 aliphatic rings. The van der Waals surface area contributed by atoms with Crippen molar-refractivity contribution in [3.63, 3.8) is 0 Å². The molecule has 1 N–H and O–H groups in total. The Hall–Kier alpha value is -0.280. The molecule has 0 saturated carbocycles. The minimum atomic E-state index is -0.332. The minimum Gasteiger partial charge on any atom is -0.469 e. The molecule has 0 aromatic heterocycles. The predicted octanol–water partition coefficient (Wildman–Crippen LogP) is 1.61. The number of rotatable bonds is 1. The van der Waals surface area contributed by atoms with Crippen LogP contribution in [0.4, 0.5) is 0 Å². The summed E-state index contributed by atoms with van der Waals surface area (Å²) >= 11 is 0. The number of ether oxygens (including phenoxy) is 1. The van der Waals surface area contributed by atoms with E-state index in [0.29, 0.717) is 0 Å². The van der Waals surface area contributed by atoms with Crippen molar-refractivity contribution in [3.8, 4) is 0 Å². The Labute approximate surface area is 92.0 Å². The Morgan fingerprint density at radius 1 is 1.43 bits per heavy atom. The van der Waals surface area contributed by atoms with E-state index < -0.39 is 0 Å². The Morgan fingerprint density at radius 3 is 2.29 bits per heavy atom. The number of esters is 1. The summed E-state index contributed by atoms with van der Waals surface area (Å²) in [6.45, 7) is 7.93. The fourth-order valence-corrected chi connectivity index (χ4v) is 2.01. The molecule has 1 rings (SSSR count). The van der Waals surface area contributed by atoms with Crippen molar-refractivity contribution in [1.82, 2.24) is 5.32 Å². The molecular formula is C10H20ClNO2. The van der Waals surface area contributed by atoms with Crippen LogP contribution in [0, 0.1) is 10.8 Å². The van der Waals surface area contributed by atoms with Crippen molar-refractivity contribution in [1.29, 1.82) is 0 Å². The average Bonchev–Trinajstić information content (AvgIpc) is 2.50. The van der Waals surface area contributed by atoms with Gasteiger partial charge in [-0.1, -0.05) is 20.8 Å². The lowest BCUT2D eigenvalue weighted by Crippen LogP contribution is -2.45. The standard InChI is InChI=1S/C10H19NO2.ClH/c1-9(2,3)10(8(12)13-4)5-6-11-7-10;/h11H,5-7H2,1-4H3;1H. The molecule has 1 atom stereocenters. The molecule has 1 saturated heterocycles. The molecule has 0 aliphatic carbocycles. The van der Waals surface area contributed by atoms with Gasteiger partial charge in [-0.15, -0.1) is 12.4 Å².